The van der Waals surface area contributed by atoms with Gasteiger partial charge in [-0.25, -0.2) is 0 Å². The Balaban J connectivity index is 3.21. The average molecular weight is 210 g/mol. The van der Waals surface area contributed by atoms with E-state index in [0.29, 0.717) is 6.04 Å². The fourth-order valence-corrected chi connectivity index (χ4v) is 1.94. The summed E-state index contributed by atoms with van der Waals surface area (Å²) >= 11 is 0. The Bertz CT molecular complexity index is 318. The first-order valence-electron chi connectivity index (χ1n) is 5.89. The van der Waals surface area contributed by atoms with Crippen molar-refractivity contribution >= 4 is 0 Å². The van der Waals surface area contributed by atoms with Crippen LogP contribution in [-0.2, 0) is 19.4 Å². The molecule has 0 saturated carbocycles. The molecule has 1 atom stereocenters. The lowest BCUT2D eigenvalue weighted by Gasteiger charge is -2.13. The van der Waals surface area contributed by atoms with Gasteiger partial charge in [0.15, 0.2) is 0 Å². The summed E-state index contributed by atoms with van der Waals surface area (Å²) in [6.45, 7) is 8.65. The summed E-state index contributed by atoms with van der Waals surface area (Å²) in [7, 11) is 0. The molecule has 1 unspecified atom stereocenters. The Morgan fingerprint density at radius 2 is 1.93 bits per heavy atom. The monoisotopic (exact) mass is 210 g/mol. The smallest absolute Gasteiger partial charge is 0.0718 e. The van der Waals surface area contributed by atoms with Crippen LogP contribution in [0.4, 0.5) is 0 Å². The van der Waals surface area contributed by atoms with Crippen LogP contribution in [0.3, 0.4) is 0 Å². The Morgan fingerprint density at radius 1 is 1.27 bits per heavy atom. The number of aryl methyl sites for hydroxylation is 1. The van der Waals surface area contributed by atoms with Crippen LogP contribution in [0.5, 0.6) is 0 Å². The van der Waals surface area contributed by atoms with Crippen LogP contribution in [0.25, 0.3) is 0 Å². The summed E-state index contributed by atoms with van der Waals surface area (Å²) in [5, 5.41) is 14.0. The number of nitrogens with zero attached hydrogens (tertiary/aromatic N) is 2. The Labute approximate surface area is 92.1 Å². The molecule has 3 heteroatoms. The average Bonchev–Trinajstić information content (AvgIpc) is 2.65. The largest absolute Gasteiger partial charge is 0.392 e. The summed E-state index contributed by atoms with van der Waals surface area (Å²) in [4.78, 5) is 0. The molecule has 0 aromatic carbocycles. The predicted molar refractivity (Wildman–Crippen MR) is 61.9 cm³/mol. The van der Waals surface area contributed by atoms with Crippen LogP contribution in [-0.4, -0.2) is 14.9 Å². The zero-order valence-corrected chi connectivity index (χ0v) is 10.2. The molecule has 0 fully saturated rings. The van der Waals surface area contributed by atoms with E-state index in [1.807, 2.05) is 0 Å². The van der Waals surface area contributed by atoms with E-state index in [1.165, 1.54) is 5.69 Å². The quantitative estimate of drug-likeness (QED) is 0.810. The molecule has 0 aliphatic carbocycles. The molecule has 0 amide bonds. The van der Waals surface area contributed by atoms with E-state index in [1.54, 1.807) is 0 Å². The molecule has 0 spiro atoms. The van der Waals surface area contributed by atoms with Crippen molar-refractivity contribution in [3.63, 3.8) is 0 Å². The molecule has 1 N–H and O–H groups in total. The second-order valence-electron chi connectivity index (χ2n) is 3.94. The Morgan fingerprint density at radius 3 is 2.33 bits per heavy atom. The molecule has 0 bridgehead atoms. The summed E-state index contributed by atoms with van der Waals surface area (Å²) in [6.07, 6.45) is 2.91. The third kappa shape index (κ3) is 2.23. The van der Waals surface area contributed by atoms with Crippen LogP contribution in [0, 0.1) is 0 Å². The van der Waals surface area contributed by atoms with Crippen molar-refractivity contribution in [2.45, 2.75) is 59.6 Å². The van der Waals surface area contributed by atoms with Crippen molar-refractivity contribution in [2.24, 2.45) is 0 Å². The number of hydrogen-bond acceptors (Lipinski definition) is 2. The minimum Gasteiger partial charge on any atom is -0.392 e. The van der Waals surface area contributed by atoms with Crippen molar-refractivity contribution in [3.05, 3.63) is 17.0 Å². The molecule has 0 aliphatic rings. The maximum atomic E-state index is 9.38. The number of hydrogen-bond donors (Lipinski definition) is 1. The summed E-state index contributed by atoms with van der Waals surface area (Å²) in [5.41, 5.74) is 3.29. The predicted octanol–water partition coefficient (Wildman–Crippen LogP) is 2.47. The first kappa shape index (κ1) is 12.2. The van der Waals surface area contributed by atoms with Gasteiger partial charge in [-0.3, -0.25) is 4.68 Å². The maximum Gasteiger partial charge on any atom is 0.0718 e. The van der Waals surface area contributed by atoms with Gasteiger partial charge in [0.1, 0.15) is 0 Å². The molecule has 0 aliphatic heterocycles. The number of aromatic nitrogens is 2. The van der Waals surface area contributed by atoms with E-state index < -0.39 is 0 Å². The molecule has 1 aromatic heterocycles. The third-order valence-electron chi connectivity index (χ3n) is 3.04. The lowest BCUT2D eigenvalue weighted by molar-refractivity contribution is 0.279. The molecule has 0 saturated heterocycles. The third-order valence-corrected chi connectivity index (χ3v) is 3.04. The van der Waals surface area contributed by atoms with Crippen molar-refractivity contribution in [1.82, 2.24) is 9.78 Å². The van der Waals surface area contributed by atoms with Crippen molar-refractivity contribution in [1.29, 1.82) is 0 Å². The molecule has 0 radical (unpaired) electrons. The molecule has 3 nitrogen and oxygen atoms in total. The second kappa shape index (κ2) is 5.31. The molecular formula is C12H22N2O. The molecule has 86 valence electrons. The lowest BCUT2D eigenvalue weighted by atomic mass is 10.1. The zero-order chi connectivity index (χ0) is 11.4. The molecule has 1 rings (SSSR count). The van der Waals surface area contributed by atoms with Crippen LogP contribution >= 0.6 is 0 Å². The van der Waals surface area contributed by atoms with Gasteiger partial charge in [0.2, 0.25) is 0 Å². The van der Waals surface area contributed by atoms with Crippen LogP contribution in [0.2, 0.25) is 0 Å². The van der Waals surface area contributed by atoms with E-state index >= 15 is 0 Å². The number of rotatable bonds is 5. The van der Waals surface area contributed by atoms with Gasteiger partial charge in [-0.15, -0.1) is 0 Å². The SMILES string of the molecule is CCc1nn(C(C)CC)c(CC)c1CO. The number of aliphatic hydroxyl groups excluding tert-OH is 1. The molecule has 15 heavy (non-hydrogen) atoms. The highest BCUT2D eigenvalue weighted by molar-refractivity contribution is 5.26. The van der Waals surface area contributed by atoms with E-state index in [2.05, 4.69) is 37.5 Å². The maximum absolute atomic E-state index is 9.38. The summed E-state index contributed by atoms with van der Waals surface area (Å²) in [6, 6.07) is 0.422. The fourth-order valence-electron chi connectivity index (χ4n) is 1.94. The van der Waals surface area contributed by atoms with Crippen molar-refractivity contribution in [3.8, 4) is 0 Å². The Kier molecular flexibility index (Phi) is 4.33. The summed E-state index contributed by atoms with van der Waals surface area (Å²) < 4.78 is 2.09. The van der Waals surface area contributed by atoms with Gasteiger partial charge in [-0.05, 0) is 26.2 Å². The van der Waals surface area contributed by atoms with E-state index in [0.717, 1.165) is 30.5 Å². The van der Waals surface area contributed by atoms with Gasteiger partial charge in [0, 0.05) is 17.3 Å². The minimum atomic E-state index is 0.114. The van der Waals surface area contributed by atoms with Crippen LogP contribution in [0.15, 0.2) is 0 Å². The van der Waals surface area contributed by atoms with Gasteiger partial charge >= 0.3 is 0 Å². The topological polar surface area (TPSA) is 38.0 Å². The fraction of sp³-hybridized carbons (Fsp3) is 0.750. The highest BCUT2D eigenvalue weighted by Crippen LogP contribution is 2.21. The molecule has 1 heterocycles. The molecular weight excluding hydrogens is 188 g/mol. The van der Waals surface area contributed by atoms with Gasteiger partial charge in [0.05, 0.1) is 12.3 Å². The molecule has 1 aromatic rings. The van der Waals surface area contributed by atoms with Crippen LogP contribution < -0.4 is 0 Å². The second-order valence-corrected chi connectivity index (χ2v) is 3.94. The van der Waals surface area contributed by atoms with Gasteiger partial charge in [0.25, 0.3) is 0 Å². The summed E-state index contributed by atoms with van der Waals surface area (Å²) in [5.74, 6) is 0. The van der Waals surface area contributed by atoms with Crippen molar-refractivity contribution in [2.75, 3.05) is 0 Å². The van der Waals surface area contributed by atoms with Gasteiger partial charge in [-0.1, -0.05) is 20.8 Å². The van der Waals surface area contributed by atoms with Gasteiger partial charge in [-0.2, -0.15) is 5.10 Å². The van der Waals surface area contributed by atoms with E-state index in [-0.39, 0.29) is 6.61 Å². The Hall–Kier alpha value is -0.830. The normalized spacial score (nSPS) is 13.1. The highest BCUT2D eigenvalue weighted by Gasteiger charge is 2.16. The van der Waals surface area contributed by atoms with Crippen LogP contribution in [0.1, 0.15) is 57.1 Å². The van der Waals surface area contributed by atoms with Crippen molar-refractivity contribution < 1.29 is 5.11 Å². The standard InChI is InChI=1S/C12H22N2O/c1-5-9(4)14-12(7-3)10(8-15)11(6-2)13-14/h9,15H,5-8H2,1-4H3. The van der Waals surface area contributed by atoms with E-state index in [9.17, 15) is 5.11 Å². The highest BCUT2D eigenvalue weighted by atomic mass is 16.3. The zero-order valence-electron chi connectivity index (χ0n) is 10.2. The minimum absolute atomic E-state index is 0.114. The first-order chi connectivity index (χ1) is 7.19. The van der Waals surface area contributed by atoms with Gasteiger partial charge < -0.3 is 5.11 Å². The van der Waals surface area contributed by atoms with E-state index in [4.69, 9.17) is 0 Å². The first-order valence-corrected chi connectivity index (χ1v) is 5.89. The number of aliphatic hydroxyl groups is 1. The lowest BCUT2D eigenvalue weighted by Crippen LogP contribution is -2.10.